The lowest BCUT2D eigenvalue weighted by Gasteiger charge is -2.21. The second-order valence-corrected chi connectivity index (χ2v) is 5.79. The first kappa shape index (κ1) is 12.0. The molecule has 2 N–H and O–H groups in total. The summed E-state index contributed by atoms with van der Waals surface area (Å²) in [6.07, 6.45) is 5.65. The second-order valence-electron chi connectivity index (χ2n) is 4.94. The highest BCUT2D eigenvalue weighted by molar-refractivity contribution is 9.10. The Bertz CT molecular complexity index is 559. The largest absolute Gasteiger partial charge is 0.347 e. The fourth-order valence-electron chi connectivity index (χ4n) is 2.75. The van der Waals surface area contributed by atoms with E-state index < -0.39 is 0 Å². The van der Waals surface area contributed by atoms with E-state index in [1.54, 1.807) is 0 Å². The predicted octanol–water partition coefficient (Wildman–Crippen LogP) is 3.64. The molecule has 1 aliphatic carbocycles. The molecule has 94 valence electrons. The van der Waals surface area contributed by atoms with Gasteiger partial charge in [0.25, 0.3) is 0 Å². The lowest BCUT2D eigenvalue weighted by molar-refractivity contribution is 0.548. The van der Waals surface area contributed by atoms with Gasteiger partial charge in [0.05, 0.1) is 0 Å². The van der Waals surface area contributed by atoms with E-state index in [-0.39, 0.29) is 6.04 Å². The summed E-state index contributed by atoms with van der Waals surface area (Å²) in [4.78, 5) is 0. The summed E-state index contributed by atoms with van der Waals surface area (Å²) in [5, 5.41) is 0. The first-order chi connectivity index (χ1) is 8.75. The molecule has 0 aliphatic heterocycles. The van der Waals surface area contributed by atoms with Crippen LogP contribution in [0.25, 0.3) is 0 Å². The molecule has 0 amide bonds. The third-order valence-corrected chi connectivity index (χ3v) is 4.51. The number of aromatic nitrogens is 1. The number of rotatable bonds is 2. The molecule has 1 atom stereocenters. The minimum atomic E-state index is 0.231. The second kappa shape index (κ2) is 4.90. The van der Waals surface area contributed by atoms with Crippen LogP contribution in [0.15, 0.2) is 41.0 Å². The molecule has 1 unspecified atom stereocenters. The molecule has 1 heterocycles. The van der Waals surface area contributed by atoms with Gasteiger partial charge < -0.3 is 10.3 Å². The number of benzene rings is 1. The van der Waals surface area contributed by atoms with E-state index >= 15 is 0 Å². The lowest BCUT2D eigenvalue weighted by atomic mass is 9.93. The van der Waals surface area contributed by atoms with Crippen LogP contribution in [0.5, 0.6) is 0 Å². The smallest absolute Gasteiger partial charge is 0.0484 e. The Morgan fingerprint density at radius 1 is 1.28 bits per heavy atom. The number of halogens is 1. The van der Waals surface area contributed by atoms with Crippen LogP contribution in [0.2, 0.25) is 0 Å². The van der Waals surface area contributed by atoms with Crippen molar-refractivity contribution in [1.82, 2.24) is 4.57 Å². The number of hydrogen-bond donors (Lipinski definition) is 1. The van der Waals surface area contributed by atoms with E-state index in [4.69, 9.17) is 5.73 Å². The van der Waals surface area contributed by atoms with Gasteiger partial charge in [0.2, 0.25) is 0 Å². The van der Waals surface area contributed by atoms with Crippen LogP contribution >= 0.6 is 15.9 Å². The van der Waals surface area contributed by atoms with Crippen LogP contribution in [0.1, 0.15) is 35.7 Å². The highest BCUT2D eigenvalue weighted by atomic mass is 79.9. The molecule has 3 heteroatoms. The van der Waals surface area contributed by atoms with Crippen molar-refractivity contribution in [2.75, 3.05) is 0 Å². The fraction of sp³-hybridized carbons (Fsp3) is 0.333. The van der Waals surface area contributed by atoms with E-state index in [9.17, 15) is 0 Å². The Labute approximate surface area is 116 Å². The van der Waals surface area contributed by atoms with Crippen LogP contribution in [0.4, 0.5) is 0 Å². The standard InChI is InChI=1S/C15H17BrN2/c16-13-5-2-1-4-11(13)10-18-9-8-12-14(17)6-3-7-15(12)18/h1-2,4-5,8-9,14H,3,6-7,10,17H2. The van der Waals surface area contributed by atoms with Gasteiger partial charge in [-0.3, -0.25) is 0 Å². The van der Waals surface area contributed by atoms with Gasteiger partial charge in [-0.05, 0) is 42.5 Å². The molecule has 0 saturated carbocycles. The Morgan fingerprint density at radius 2 is 2.11 bits per heavy atom. The first-order valence-corrected chi connectivity index (χ1v) is 7.22. The minimum Gasteiger partial charge on any atom is -0.347 e. The van der Waals surface area contributed by atoms with Crippen molar-refractivity contribution in [3.05, 3.63) is 57.8 Å². The van der Waals surface area contributed by atoms with Crippen molar-refractivity contribution in [2.24, 2.45) is 5.73 Å². The normalized spacial score (nSPS) is 18.7. The zero-order valence-electron chi connectivity index (χ0n) is 10.3. The molecule has 0 spiro atoms. The van der Waals surface area contributed by atoms with Crippen molar-refractivity contribution in [2.45, 2.75) is 31.8 Å². The quantitative estimate of drug-likeness (QED) is 0.902. The molecule has 1 aromatic carbocycles. The van der Waals surface area contributed by atoms with Crippen molar-refractivity contribution >= 4 is 15.9 Å². The Kier molecular flexibility index (Phi) is 3.27. The van der Waals surface area contributed by atoms with Crippen molar-refractivity contribution < 1.29 is 0 Å². The number of hydrogen-bond acceptors (Lipinski definition) is 1. The predicted molar refractivity (Wildman–Crippen MR) is 77.5 cm³/mol. The molecular weight excluding hydrogens is 288 g/mol. The zero-order valence-corrected chi connectivity index (χ0v) is 11.9. The van der Waals surface area contributed by atoms with Crippen LogP contribution in [0, 0.1) is 0 Å². The van der Waals surface area contributed by atoms with Gasteiger partial charge in [0, 0.05) is 29.0 Å². The molecule has 3 rings (SSSR count). The van der Waals surface area contributed by atoms with Crippen LogP contribution in [0.3, 0.4) is 0 Å². The fourth-order valence-corrected chi connectivity index (χ4v) is 3.16. The summed E-state index contributed by atoms with van der Waals surface area (Å²) in [6.45, 7) is 0.920. The molecule has 0 radical (unpaired) electrons. The van der Waals surface area contributed by atoms with Gasteiger partial charge >= 0.3 is 0 Å². The van der Waals surface area contributed by atoms with Gasteiger partial charge in [0.1, 0.15) is 0 Å². The summed E-state index contributed by atoms with van der Waals surface area (Å²) in [5.74, 6) is 0. The lowest BCUT2D eigenvalue weighted by Crippen LogP contribution is -2.18. The Hall–Kier alpha value is -1.06. The van der Waals surface area contributed by atoms with Crippen molar-refractivity contribution in [1.29, 1.82) is 0 Å². The topological polar surface area (TPSA) is 30.9 Å². The molecule has 1 aliphatic rings. The van der Waals surface area contributed by atoms with E-state index in [1.807, 2.05) is 0 Å². The molecule has 1 aromatic heterocycles. The van der Waals surface area contributed by atoms with Gasteiger partial charge in [-0.2, -0.15) is 0 Å². The summed E-state index contributed by atoms with van der Waals surface area (Å²) in [7, 11) is 0. The van der Waals surface area contributed by atoms with E-state index in [1.165, 1.54) is 27.7 Å². The number of fused-ring (bicyclic) bond motifs is 1. The molecule has 18 heavy (non-hydrogen) atoms. The molecular formula is C15H17BrN2. The average Bonchev–Trinajstić information content (AvgIpc) is 2.77. The van der Waals surface area contributed by atoms with Gasteiger partial charge in [-0.1, -0.05) is 34.1 Å². The van der Waals surface area contributed by atoms with Gasteiger partial charge in [-0.15, -0.1) is 0 Å². The highest BCUT2D eigenvalue weighted by Gasteiger charge is 2.20. The maximum Gasteiger partial charge on any atom is 0.0484 e. The summed E-state index contributed by atoms with van der Waals surface area (Å²) in [5.41, 5.74) is 10.2. The Balaban J connectivity index is 1.92. The first-order valence-electron chi connectivity index (χ1n) is 6.42. The molecule has 0 bridgehead atoms. The monoisotopic (exact) mass is 304 g/mol. The van der Waals surface area contributed by atoms with Crippen LogP contribution in [-0.2, 0) is 13.0 Å². The minimum absolute atomic E-state index is 0.231. The number of nitrogens with zero attached hydrogens (tertiary/aromatic N) is 1. The SMILES string of the molecule is NC1CCCc2c1ccn2Cc1ccccc1Br. The number of nitrogens with two attached hydrogens (primary N) is 1. The summed E-state index contributed by atoms with van der Waals surface area (Å²) < 4.78 is 3.52. The Morgan fingerprint density at radius 3 is 2.94 bits per heavy atom. The third-order valence-electron chi connectivity index (χ3n) is 3.74. The van der Waals surface area contributed by atoms with Crippen LogP contribution < -0.4 is 5.73 Å². The molecule has 2 aromatic rings. The van der Waals surface area contributed by atoms with E-state index in [0.717, 1.165) is 19.4 Å². The van der Waals surface area contributed by atoms with Crippen molar-refractivity contribution in [3.8, 4) is 0 Å². The zero-order chi connectivity index (χ0) is 12.5. The third kappa shape index (κ3) is 2.13. The maximum atomic E-state index is 6.16. The summed E-state index contributed by atoms with van der Waals surface area (Å²) in [6, 6.07) is 10.8. The molecule has 0 fully saturated rings. The molecule has 2 nitrogen and oxygen atoms in total. The van der Waals surface area contributed by atoms with Crippen LogP contribution in [-0.4, -0.2) is 4.57 Å². The van der Waals surface area contributed by atoms with Crippen molar-refractivity contribution in [3.63, 3.8) is 0 Å². The van der Waals surface area contributed by atoms with Gasteiger partial charge in [-0.25, -0.2) is 0 Å². The maximum absolute atomic E-state index is 6.16. The highest BCUT2D eigenvalue weighted by Crippen LogP contribution is 2.29. The van der Waals surface area contributed by atoms with Gasteiger partial charge in [0.15, 0.2) is 0 Å². The average molecular weight is 305 g/mol. The van der Waals surface area contributed by atoms with E-state index in [2.05, 4.69) is 57.0 Å². The molecule has 0 saturated heterocycles. The summed E-state index contributed by atoms with van der Waals surface area (Å²) >= 11 is 3.61. The van der Waals surface area contributed by atoms with E-state index in [0.29, 0.717) is 0 Å².